The smallest absolute Gasteiger partial charge is 0.263 e. The van der Waals surface area contributed by atoms with Gasteiger partial charge in [-0.25, -0.2) is 4.98 Å². The van der Waals surface area contributed by atoms with Gasteiger partial charge in [0.2, 0.25) is 5.91 Å². The molecule has 1 aliphatic rings. The van der Waals surface area contributed by atoms with Crippen molar-refractivity contribution in [1.29, 1.82) is 0 Å². The number of nitrogens with zero attached hydrogens (tertiary/aromatic N) is 2. The van der Waals surface area contributed by atoms with Crippen LogP contribution in [0.2, 0.25) is 0 Å². The van der Waals surface area contributed by atoms with Gasteiger partial charge in [-0.2, -0.15) is 0 Å². The molecular weight excluding hydrogens is 390 g/mol. The zero-order chi connectivity index (χ0) is 19.7. The van der Waals surface area contributed by atoms with Gasteiger partial charge < -0.3 is 5.73 Å². The first-order valence-electron chi connectivity index (χ1n) is 9.53. The first kappa shape index (κ1) is 19.2. The van der Waals surface area contributed by atoms with E-state index >= 15 is 0 Å². The minimum absolute atomic E-state index is 0.0138. The number of nitrogens with two attached hydrogens (primary N) is 1. The number of aryl methyl sites for hydroxylation is 2. The first-order chi connectivity index (χ1) is 13.5. The Morgan fingerprint density at radius 1 is 1.36 bits per heavy atom. The normalized spacial score (nSPS) is 16.2. The van der Waals surface area contributed by atoms with Gasteiger partial charge in [0, 0.05) is 11.4 Å². The number of aromatic nitrogens is 2. The van der Waals surface area contributed by atoms with Crippen LogP contribution < -0.4 is 11.3 Å². The lowest BCUT2D eigenvalue weighted by Crippen LogP contribution is -2.25. The van der Waals surface area contributed by atoms with Crippen molar-refractivity contribution in [3.8, 4) is 0 Å². The molecule has 0 fully saturated rings. The molecule has 0 bridgehead atoms. The minimum atomic E-state index is -0.409. The first-order valence-corrected chi connectivity index (χ1v) is 11.3. The second kappa shape index (κ2) is 8.09. The fourth-order valence-corrected chi connectivity index (χ4v) is 5.92. The summed E-state index contributed by atoms with van der Waals surface area (Å²) in [7, 11) is 0. The van der Waals surface area contributed by atoms with Gasteiger partial charge in [-0.15, -0.1) is 11.3 Å². The molecular formula is C21H23N3O2S2. The lowest BCUT2D eigenvalue weighted by atomic mass is 9.89. The SMILES string of the molecule is CC1CCc2c(sc3nc(SCC(N)=O)n(CCc4ccccc4)c(=O)c23)C1. The Morgan fingerprint density at radius 2 is 2.14 bits per heavy atom. The van der Waals surface area contributed by atoms with Crippen LogP contribution in [0.3, 0.4) is 0 Å². The van der Waals surface area contributed by atoms with E-state index in [0.717, 1.165) is 35.9 Å². The van der Waals surface area contributed by atoms with Crippen molar-refractivity contribution in [2.45, 2.75) is 44.3 Å². The monoisotopic (exact) mass is 413 g/mol. The molecule has 4 rings (SSSR count). The van der Waals surface area contributed by atoms with Crippen molar-refractivity contribution in [3.05, 3.63) is 56.7 Å². The van der Waals surface area contributed by atoms with E-state index in [9.17, 15) is 9.59 Å². The molecule has 2 aromatic heterocycles. The van der Waals surface area contributed by atoms with Gasteiger partial charge in [0.15, 0.2) is 5.16 Å². The number of hydrogen-bond acceptors (Lipinski definition) is 5. The number of benzene rings is 1. The fraction of sp³-hybridized carbons (Fsp3) is 0.381. The summed E-state index contributed by atoms with van der Waals surface area (Å²) in [5, 5.41) is 1.36. The second-order valence-electron chi connectivity index (χ2n) is 7.37. The molecule has 0 saturated carbocycles. The molecule has 0 spiro atoms. The maximum atomic E-state index is 13.4. The van der Waals surface area contributed by atoms with Crippen LogP contribution in [0.1, 0.15) is 29.3 Å². The summed E-state index contributed by atoms with van der Waals surface area (Å²) in [4.78, 5) is 31.6. The lowest BCUT2D eigenvalue weighted by molar-refractivity contribution is -0.115. The van der Waals surface area contributed by atoms with Gasteiger partial charge in [-0.3, -0.25) is 14.2 Å². The molecule has 0 saturated heterocycles. The summed E-state index contributed by atoms with van der Waals surface area (Å²) >= 11 is 2.89. The van der Waals surface area contributed by atoms with Crippen LogP contribution in [0.25, 0.3) is 10.2 Å². The summed E-state index contributed by atoms with van der Waals surface area (Å²) < 4.78 is 1.73. The van der Waals surface area contributed by atoms with Crippen LogP contribution in [0, 0.1) is 5.92 Å². The number of primary amides is 1. The molecule has 146 valence electrons. The van der Waals surface area contributed by atoms with Crippen LogP contribution in [0.5, 0.6) is 0 Å². The summed E-state index contributed by atoms with van der Waals surface area (Å²) in [6.07, 6.45) is 3.81. The number of thioether (sulfide) groups is 1. The Morgan fingerprint density at radius 3 is 2.89 bits per heavy atom. The summed E-state index contributed by atoms with van der Waals surface area (Å²) in [5.41, 5.74) is 7.70. The molecule has 1 atom stereocenters. The van der Waals surface area contributed by atoms with E-state index in [4.69, 9.17) is 10.7 Å². The van der Waals surface area contributed by atoms with Gasteiger partial charge in [0.05, 0.1) is 11.1 Å². The van der Waals surface area contributed by atoms with E-state index in [0.29, 0.717) is 17.6 Å². The fourth-order valence-electron chi connectivity index (χ4n) is 3.73. The van der Waals surface area contributed by atoms with Crippen molar-refractivity contribution in [3.63, 3.8) is 0 Å². The summed E-state index contributed by atoms with van der Waals surface area (Å²) in [5.74, 6) is 0.351. The highest BCUT2D eigenvalue weighted by atomic mass is 32.2. The van der Waals surface area contributed by atoms with Crippen molar-refractivity contribution >= 4 is 39.2 Å². The van der Waals surface area contributed by atoms with Gasteiger partial charge >= 0.3 is 0 Å². The molecule has 1 amide bonds. The van der Waals surface area contributed by atoms with E-state index in [-0.39, 0.29) is 11.3 Å². The molecule has 0 aliphatic heterocycles. The van der Waals surface area contributed by atoms with Gasteiger partial charge in [0.1, 0.15) is 4.83 Å². The van der Waals surface area contributed by atoms with Crippen LogP contribution in [-0.2, 0) is 30.6 Å². The molecule has 1 aliphatic carbocycles. The van der Waals surface area contributed by atoms with Crippen molar-refractivity contribution in [1.82, 2.24) is 9.55 Å². The number of amides is 1. The molecule has 5 nitrogen and oxygen atoms in total. The number of carbonyl (C=O) groups excluding carboxylic acids is 1. The van der Waals surface area contributed by atoms with E-state index in [1.54, 1.807) is 15.9 Å². The maximum Gasteiger partial charge on any atom is 0.263 e. The topological polar surface area (TPSA) is 78.0 Å². The van der Waals surface area contributed by atoms with Crippen LogP contribution in [-0.4, -0.2) is 21.2 Å². The van der Waals surface area contributed by atoms with E-state index in [1.165, 1.54) is 27.8 Å². The quantitative estimate of drug-likeness (QED) is 0.496. The second-order valence-corrected chi connectivity index (χ2v) is 9.40. The number of thiophene rings is 1. The molecule has 3 aromatic rings. The predicted molar refractivity (Wildman–Crippen MR) is 115 cm³/mol. The van der Waals surface area contributed by atoms with E-state index in [2.05, 4.69) is 19.1 Å². The van der Waals surface area contributed by atoms with Crippen LogP contribution >= 0.6 is 23.1 Å². The van der Waals surface area contributed by atoms with Gasteiger partial charge in [0.25, 0.3) is 5.56 Å². The van der Waals surface area contributed by atoms with Crippen LogP contribution in [0.4, 0.5) is 0 Å². The molecule has 2 N–H and O–H groups in total. The third-order valence-corrected chi connectivity index (χ3v) is 7.34. The average molecular weight is 414 g/mol. The zero-order valence-electron chi connectivity index (χ0n) is 15.8. The Labute approximate surface area is 172 Å². The number of fused-ring (bicyclic) bond motifs is 3. The van der Waals surface area contributed by atoms with Gasteiger partial charge in [-0.1, -0.05) is 49.0 Å². The third-order valence-electron chi connectivity index (χ3n) is 5.19. The lowest BCUT2D eigenvalue weighted by Gasteiger charge is -2.17. The van der Waals surface area contributed by atoms with Crippen molar-refractivity contribution in [2.24, 2.45) is 11.7 Å². The van der Waals surface area contributed by atoms with Crippen LogP contribution in [0.15, 0.2) is 40.3 Å². The Balaban J connectivity index is 1.77. The van der Waals surface area contributed by atoms with E-state index in [1.807, 2.05) is 18.2 Å². The van der Waals surface area contributed by atoms with E-state index < -0.39 is 5.91 Å². The highest BCUT2D eigenvalue weighted by Crippen LogP contribution is 2.36. The Kier molecular flexibility index (Phi) is 5.55. The molecule has 0 radical (unpaired) electrons. The van der Waals surface area contributed by atoms with Gasteiger partial charge in [-0.05, 0) is 42.7 Å². The number of hydrogen-bond donors (Lipinski definition) is 1. The van der Waals surface area contributed by atoms with Crippen molar-refractivity contribution in [2.75, 3.05) is 5.75 Å². The predicted octanol–water partition coefficient (Wildman–Crippen LogP) is 3.40. The Bertz CT molecular complexity index is 1070. The molecule has 7 heteroatoms. The highest BCUT2D eigenvalue weighted by molar-refractivity contribution is 7.99. The van der Waals surface area contributed by atoms with Crippen molar-refractivity contribution < 1.29 is 4.79 Å². The average Bonchev–Trinajstić information content (AvgIpc) is 3.04. The largest absolute Gasteiger partial charge is 0.369 e. The molecule has 1 unspecified atom stereocenters. The number of carbonyl (C=O) groups is 1. The highest BCUT2D eigenvalue weighted by Gasteiger charge is 2.24. The Hall–Kier alpha value is -2.12. The number of rotatable bonds is 6. The third kappa shape index (κ3) is 3.86. The molecule has 1 aromatic carbocycles. The molecule has 28 heavy (non-hydrogen) atoms. The summed E-state index contributed by atoms with van der Waals surface area (Å²) in [6.45, 7) is 2.79. The minimum Gasteiger partial charge on any atom is -0.369 e. The maximum absolute atomic E-state index is 13.4. The molecule has 2 heterocycles. The summed E-state index contributed by atoms with van der Waals surface area (Å²) in [6, 6.07) is 10.1. The zero-order valence-corrected chi connectivity index (χ0v) is 17.4. The standard InChI is InChI=1S/C21H23N3O2S2/c1-13-7-8-15-16(11-13)28-19-18(15)20(26)24(21(23-19)27-12-17(22)25)10-9-14-5-3-2-4-6-14/h2-6,13H,7-12H2,1H3,(H2,22,25).